The van der Waals surface area contributed by atoms with Gasteiger partial charge in [0.1, 0.15) is 5.75 Å². The first-order valence-corrected chi connectivity index (χ1v) is 7.31. The van der Waals surface area contributed by atoms with Gasteiger partial charge in [-0.3, -0.25) is 4.79 Å². The molecule has 0 saturated carbocycles. The Morgan fingerprint density at radius 3 is 3.00 bits per heavy atom. The first-order valence-electron chi connectivity index (χ1n) is 6.52. The number of phenols is 1. The molecule has 104 valence electrons. The highest BCUT2D eigenvalue weighted by Crippen LogP contribution is 2.26. The lowest BCUT2D eigenvalue weighted by molar-refractivity contribution is 0.0658. The van der Waals surface area contributed by atoms with E-state index in [4.69, 9.17) is 5.73 Å². The number of carbonyl (C=O) groups excluding carboxylic acids is 1. The van der Waals surface area contributed by atoms with Crippen molar-refractivity contribution in [3.8, 4) is 5.75 Å². The van der Waals surface area contributed by atoms with Gasteiger partial charge in [-0.2, -0.15) is 0 Å². The van der Waals surface area contributed by atoms with E-state index in [9.17, 15) is 9.90 Å². The summed E-state index contributed by atoms with van der Waals surface area (Å²) in [6, 6.07) is 5.00. The highest BCUT2D eigenvalue weighted by molar-refractivity contribution is 9.10. The smallest absolute Gasteiger partial charge is 0.257 e. The van der Waals surface area contributed by atoms with Crippen molar-refractivity contribution in [2.75, 3.05) is 13.1 Å². The minimum Gasteiger partial charge on any atom is -0.507 e. The predicted molar refractivity (Wildman–Crippen MR) is 78.1 cm³/mol. The molecular weight excluding hydrogens is 308 g/mol. The topological polar surface area (TPSA) is 66.6 Å². The Morgan fingerprint density at radius 2 is 2.32 bits per heavy atom. The molecule has 0 spiro atoms. The third kappa shape index (κ3) is 3.28. The Kier molecular flexibility index (Phi) is 4.47. The summed E-state index contributed by atoms with van der Waals surface area (Å²) in [4.78, 5) is 14.2. The van der Waals surface area contributed by atoms with Crippen molar-refractivity contribution in [3.05, 3.63) is 28.2 Å². The SMILES string of the molecule is CC(N)C1CCCN(C(=O)c2cc(Br)ccc2O)C1. The van der Waals surface area contributed by atoms with Gasteiger partial charge in [0.25, 0.3) is 5.91 Å². The molecular formula is C14H19BrN2O2. The molecule has 1 aliphatic heterocycles. The molecule has 0 aromatic heterocycles. The van der Waals surface area contributed by atoms with E-state index in [0.29, 0.717) is 18.0 Å². The van der Waals surface area contributed by atoms with Gasteiger partial charge in [0.2, 0.25) is 0 Å². The number of nitrogens with zero attached hydrogens (tertiary/aromatic N) is 1. The van der Waals surface area contributed by atoms with Crippen molar-refractivity contribution >= 4 is 21.8 Å². The Bertz CT molecular complexity index is 477. The molecule has 5 heteroatoms. The van der Waals surface area contributed by atoms with Crippen molar-refractivity contribution in [3.63, 3.8) is 0 Å². The molecule has 1 aromatic carbocycles. The summed E-state index contributed by atoms with van der Waals surface area (Å²) in [5.41, 5.74) is 6.27. The second-order valence-electron chi connectivity index (χ2n) is 5.17. The molecule has 1 aliphatic rings. The highest BCUT2D eigenvalue weighted by atomic mass is 79.9. The fourth-order valence-corrected chi connectivity index (χ4v) is 2.83. The normalized spacial score (nSPS) is 21.2. The van der Waals surface area contributed by atoms with Crippen LogP contribution in [0.5, 0.6) is 5.75 Å². The molecule has 1 fully saturated rings. The number of carbonyl (C=O) groups is 1. The summed E-state index contributed by atoms with van der Waals surface area (Å²) in [5.74, 6) is 0.243. The zero-order chi connectivity index (χ0) is 14.0. The average Bonchev–Trinajstić information content (AvgIpc) is 2.41. The lowest BCUT2D eigenvalue weighted by Crippen LogP contribution is -2.45. The van der Waals surface area contributed by atoms with Gasteiger partial charge in [-0.1, -0.05) is 15.9 Å². The highest BCUT2D eigenvalue weighted by Gasteiger charge is 2.27. The Balaban J connectivity index is 2.17. The van der Waals surface area contributed by atoms with E-state index in [1.54, 1.807) is 17.0 Å². The van der Waals surface area contributed by atoms with Crippen LogP contribution in [0.15, 0.2) is 22.7 Å². The number of amides is 1. The summed E-state index contributed by atoms with van der Waals surface area (Å²) >= 11 is 3.32. The fourth-order valence-electron chi connectivity index (χ4n) is 2.47. The van der Waals surface area contributed by atoms with Gasteiger partial charge in [-0.05, 0) is 43.9 Å². The number of phenolic OH excluding ortho intramolecular Hbond substituents is 1. The van der Waals surface area contributed by atoms with E-state index in [1.165, 1.54) is 6.07 Å². The Hall–Kier alpha value is -1.07. The van der Waals surface area contributed by atoms with E-state index in [-0.39, 0.29) is 17.7 Å². The predicted octanol–water partition coefficient (Wildman–Crippen LogP) is 2.35. The largest absolute Gasteiger partial charge is 0.507 e. The number of benzene rings is 1. The summed E-state index contributed by atoms with van der Waals surface area (Å²) in [7, 11) is 0. The minimum atomic E-state index is -0.121. The molecule has 0 radical (unpaired) electrons. The van der Waals surface area contributed by atoms with E-state index in [1.807, 2.05) is 6.92 Å². The second-order valence-corrected chi connectivity index (χ2v) is 6.09. The van der Waals surface area contributed by atoms with E-state index < -0.39 is 0 Å². The van der Waals surface area contributed by atoms with Crippen molar-refractivity contribution in [2.45, 2.75) is 25.8 Å². The van der Waals surface area contributed by atoms with Crippen LogP contribution in [-0.2, 0) is 0 Å². The van der Waals surface area contributed by atoms with Gasteiger partial charge >= 0.3 is 0 Å². The zero-order valence-corrected chi connectivity index (χ0v) is 12.6. The van der Waals surface area contributed by atoms with Crippen LogP contribution in [0.3, 0.4) is 0 Å². The molecule has 0 aliphatic carbocycles. The number of rotatable bonds is 2. The van der Waals surface area contributed by atoms with E-state index in [2.05, 4.69) is 15.9 Å². The monoisotopic (exact) mass is 326 g/mol. The number of nitrogens with two attached hydrogens (primary N) is 1. The maximum absolute atomic E-state index is 12.4. The first kappa shape index (κ1) is 14.3. The molecule has 2 rings (SSSR count). The standard InChI is InChI=1S/C14H19BrN2O2/c1-9(16)10-3-2-6-17(8-10)14(19)12-7-11(15)4-5-13(12)18/h4-5,7,9-10,18H,2-3,6,8,16H2,1H3. The molecule has 2 atom stereocenters. The third-order valence-electron chi connectivity index (χ3n) is 3.68. The van der Waals surface area contributed by atoms with Crippen LogP contribution in [0.4, 0.5) is 0 Å². The van der Waals surface area contributed by atoms with Crippen LogP contribution in [0.2, 0.25) is 0 Å². The van der Waals surface area contributed by atoms with Gasteiger partial charge in [-0.25, -0.2) is 0 Å². The Morgan fingerprint density at radius 1 is 1.58 bits per heavy atom. The number of aromatic hydroxyl groups is 1. The average molecular weight is 327 g/mol. The Labute approximate surface area is 121 Å². The number of hydrogen-bond donors (Lipinski definition) is 2. The summed E-state index contributed by atoms with van der Waals surface area (Å²) in [5, 5.41) is 9.82. The maximum Gasteiger partial charge on any atom is 0.257 e. The summed E-state index contributed by atoms with van der Waals surface area (Å²) < 4.78 is 0.786. The van der Waals surface area contributed by atoms with Crippen molar-refractivity contribution < 1.29 is 9.90 Å². The van der Waals surface area contributed by atoms with Crippen LogP contribution in [0, 0.1) is 5.92 Å². The maximum atomic E-state index is 12.4. The van der Waals surface area contributed by atoms with Gasteiger partial charge < -0.3 is 15.7 Å². The summed E-state index contributed by atoms with van der Waals surface area (Å²) in [6.07, 6.45) is 2.03. The second kappa shape index (κ2) is 5.92. The van der Waals surface area contributed by atoms with Crippen LogP contribution in [0.25, 0.3) is 0 Å². The van der Waals surface area contributed by atoms with Crippen molar-refractivity contribution in [1.82, 2.24) is 4.90 Å². The molecule has 1 aromatic rings. The van der Waals surface area contributed by atoms with Crippen molar-refractivity contribution in [2.24, 2.45) is 11.7 Å². The van der Waals surface area contributed by atoms with Gasteiger partial charge in [0, 0.05) is 23.6 Å². The van der Waals surface area contributed by atoms with E-state index >= 15 is 0 Å². The number of piperidine rings is 1. The molecule has 1 amide bonds. The number of hydrogen-bond acceptors (Lipinski definition) is 3. The fraction of sp³-hybridized carbons (Fsp3) is 0.500. The lowest BCUT2D eigenvalue weighted by Gasteiger charge is -2.34. The minimum absolute atomic E-state index is 0.0242. The van der Waals surface area contributed by atoms with E-state index in [0.717, 1.165) is 23.9 Å². The molecule has 3 N–H and O–H groups in total. The molecule has 1 saturated heterocycles. The lowest BCUT2D eigenvalue weighted by atomic mass is 9.92. The number of halogens is 1. The number of likely N-dealkylation sites (tertiary alicyclic amines) is 1. The molecule has 0 bridgehead atoms. The van der Waals surface area contributed by atoms with Crippen molar-refractivity contribution in [1.29, 1.82) is 0 Å². The zero-order valence-electron chi connectivity index (χ0n) is 11.0. The van der Waals surface area contributed by atoms with Gasteiger partial charge in [0.05, 0.1) is 5.56 Å². The summed E-state index contributed by atoms with van der Waals surface area (Å²) in [6.45, 7) is 3.38. The molecule has 1 heterocycles. The molecule has 19 heavy (non-hydrogen) atoms. The molecule has 2 unspecified atom stereocenters. The van der Waals surface area contributed by atoms with Gasteiger partial charge in [-0.15, -0.1) is 0 Å². The van der Waals surface area contributed by atoms with Crippen LogP contribution >= 0.6 is 15.9 Å². The van der Waals surface area contributed by atoms with Crippen LogP contribution < -0.4 is 5.73 Å². The third-order valence-corrected chi connectivity index (χ3v) is 4.17. The van der Waals surface area contributed by atoms with Crippen LogP contribution in [0.1, 0.15) is 30.1 Å². The quantitative estimate of drug-likeness (QED) is 0.876. The first-order chi connectivity index (χ1) is 8.99. The van der Waals surface area contributed by atoms with Crippen LogP contribution in [-0.4, -0.2) is 35.0 Å². The molecule has 4 nitrogen and oxygen atoms in total. The van der Waals surface area contributed by atoms with Gasteiger partial charge in [0.15, 0.2) is 0 Å².